The van der Waals surface area contributed by atoms with Gasteiger partial charge in [-0.15, -0.1) is 0 Å². The minimum absolute atomic E-state index is 0.0581. The Kier molecular flexibility index (Phi) is 10.3. The van der Waals surface area contributed by atoms with Crippen LogP contribution in [0.1, 0.15) is 106 Å². The summed E-state index contributed by atoms with van der Waals surface area (Å²) in [7, 11) is 0. The van der Waals surface area contributed by atoms with Crippen molar-refractivity contribution in [2.75, 3.05) is 6.61 Å². The van der Waals surface area contributed by atoms with E-state index in [0.29, 0.717) is 48.6 Å². The Bertz CT molecular complexity index is 1660. The van der Waals surface area contributed by atoms with Crippen LogP contribution in [0.25, 0.3) is 17.2 Å². The van der Waals surface area contributed by atoms with E-state index in [1.807, 2.05) is 18.2 Å². The monoisotopic (exact) mass is 646 g/mol. The molecule has 2 atom stereocenters. The van der Waals surface area contributed by atoms with E-state index >= 15 is 8.78 Å². The molecular weight excluding hydrogens is 601 g/mol. The molecule has 0 N–H and O–H groups in total. The van der Waals surface area contributed by atoms with Crippen molar-refractivity contribution in [2.45, 2.75) is 97.3 Å². The average molecular weight is 647 g/mol. The number of allylic oxidation sites excluding steroid dienone is 1. The fourth-order valence-corrected chi connectivity index (χ4v) is 6.91. The third kappa shape index (κ3) is 7.82. The van der Waals surface area contributed by atoms with Gasteiger partial charge in [-0.05, 0) is 104 Å². The number of aryl methyl sites for hydroxylation is 2. The molecule has 1 saturated carbocycles. The predicted molar refractivity (Wildman–Crippen MR) is 179 cm³/mol. The van der Waals surface area contributed by atoms with Gasteiger partial charge >= 0.3 is 5.97 Å². The summed E-state index contributed by atoms with van der Waals surface area (Å²) < 4.78 is 55.3. The molecule has 0 radical (unpaired) electrons. The zero-order valence-electron chi connectivity index (χ0n) is 28.1. The topological polar surface area (TPSA) is 52.6 Å². The first kappa shape index (κ1) is 34.5. The lowest BCUT2D eigenvalue weighted by Crippen LogP contribution is -2.23. The Balaban J connectivity index is 1.34. The van der Waals surface area contributed by atoms with E-state index in [1.165, 1.54) is 32.0 Å². The van der Waals surface area contributed by atoms with Crippen molar-refractivity contribution in [3.05, 3.63) is 94.1 Å². The number of benzene rings is 3. The zero-order chi connectivity index (χ0) is 33.9. The fourth-order valence-electron chi connectivity index (χ4n) is 6.91. The molecule has 0 heterocycles. The average Bonchev–Trinajstić information content (AvgIpc) is 3.81. The second-order valence-electron chi connectivity index (χ2n) is 13.5. The molecular formula is C40H45F3O4. The number of ketones is 1. The van der Waals surface area contributed by atoms with Gasteiger partial charge in [0.2, 0.25) is 5.85 Å². The maximum atomic E-state index is 16.0. The van der Waals surface area contributed by atoms with Gasteiger partial charge in [0.1, 0.15) is 23.2 Å². The number of alkyl halides is 1. The third-order valence-electron chi connectivity index (χ3n) is 9.64. The van der Waals surface area contributed by atoms with Gasteiger partial charge in [0.15, 0.2) is 0 Å². The number of esters is 1. The smallest absolute Gasteiger partial charge is 0.338 e. The summed E-state index contributed by atoms with van der Waals surface area (Å²) in [6, 6.07) is 13.1. The van der Waals surface area contributed by atoms with E-state index < -0.39 is 28.9 Å². The van der Waals surface area contributed by atoms with E-state index in [0.717, 1.165) is 36.5 Å². The standard InChI is InChI=1S/C40H45F3O4/c1-6-27-13-14-28-15-16-30(23-29(28)12-11-25(27)3)37-32(38(45)46-7-2)21-26(22-35(37)42)9-8-10-36(44)40(19-20-40)33-18-17-31(24-34(33)41)47-39(4,5)43/h13-18,21-25,27H,6-12,19-20H2,1-5H3/b14-13-. The van der Waals surface area contributed by atoms with Gasteiger partial charge in [-0.3, -0.25) is 4.79 Å². The summed E-state index contributed by atoms with van der Waals surface area (Å²) in [4.78, 5) is 26.5. The van der Waals surface area contributed by atoms with E-state index in [9.17, 15) is 14.0 Å². The summed E-state index contributed by atoms with van der Waals surface area (Å²) in [5.74, 6) is -2.64. The second kappa shape index (κ2) is 14.1. The molecule has 0 aromatic heterocycles. The molecule has 5 rings (SSSR count). The van der Waals surface area contributed by atoms with Crippen LogP contribution in [-0.2, 0) is 27.8 Å². The van der Waals surface area contributed by atoms with Crippen LogP contribution >= 0.6 is 0 Å². The number of halogens is 3. The molecule has 0 amide bonds. The lowest BCUT2D eigenvalue weighted by atomic mass is 9.82. The summed E-state index contributed by atoms with van der Waals surface area (Å²) in [5.41, 5.74) is 3.20. The van der Waals surface area contributed by atoms with Crippen molar-refractivity contribution in [1.82, 2.24) is 0 Å². The highest BCUT2D eigenvalue weighted by molar-refractivity contribution is 5.98. The first-order valence-corrected chi connectivity index (χ1v) is 16.9. The van der Waals surface area contributed by atoms with Gasteiger partial charge in [0, 0.05) is 37.5 Å². The van der Waals surface area contributed by atoms with Crippen molar-refractivity contribution in [1.29, 1.82) is 0 Å². The van der Waals surface area contributed by atoms with E-state index in [4.69, 9.17) is 9.47 Å². The van der Waals surface area contributed by atoms with E-state index in [2.05, 4.69) is 26.0 Å². The van der Waals surface area contributed by atoms with Crippen molar-refractivity contribution in [3.63, 3.8) is 0 Å². The molecule has 3 aromatic rings. The number of carbonyl (C=O) groups excluding carboxylic acids is 2. The molecule has 47 heavy (non-hydrogen) atoms. The highest BCUT2D eigenvalue weighted by Crippen LogP contribution is 2.51. The molecule has 2 aliphatic rings. The molecule has 7 heteroatoms. The SMILES string of the molecule is CCOC(=O)c1cc(CCCC(=O)C2(c3ccc(OC(C)(C)F)cc3F)CC2)cc(F)c1-c1ccc2c(c1)CCC(C)C(CC)/C=C\2. The Hall–Kier alpha value is -3.87. The van der Waals surface area contributed by atoms with Crippen LogP contribution in [0.2, 0.25) is 0 Å². The number of rotatable bonds is 12. The molecule has 2 aliphatic carbocycles. The molecule has 0 bridgehead atoms. The molecule has 4 nitrogen and oxygen atoms in total. The number of ether oxygens (including phenoxy) is 2. The van der Waals surface area contributed by atoms with Gasteiger partial charge in [0.25, 0.3) is 0 Å². The highest BCUT2D eigenvalue weighted by Gasteiger charge is 2.51. The lowest BCUT2D eigenvalue weighted by molar-refractivity contribution is -0.121. The fraction of sp³-hybridized carbons (Fsp3) is 0.450. The summed E-state index contributed by atoms with van der Waals surface area (Å²) in [6.45, 7) is 8.80. The number of fused-ring (bicyclic) bond motifs is 1. The van der Waals surface area contributed by atoms with Crippen molar-refractivity contribution >= 4 is 17.8 Å². The number of carbonyl (C=O) groups is 2. The minimum atomic E-state index is -1.96. The van der Waals surface area contributed by atoms with Crippen LogP contribution in [0.15, 0.2) is 54.6 Å². The predicted octanol–water partition coefficient (Wildman–Crippen LogP) is 10.1. The van der Waals surface area contributed by atoms with Gasteiger partial charge in [-0.2, -0.15) is 4.39 Å². The Morgan fingerprint density at radius 3 is 2.43 bits per heavy atom. The van der Waals surface area contributed by atoms with E-state index in [-0.39, 0.29) is 41.3 Å². The first-order valence-electron chi connectivity index (χ1n) is 16.9. The molecule has 2 unspecified atom stereocenters. The quantitative estimate of drug-likeness (QED) is 0.184. The van der Waals surface area contributed by atoms with Gasteiger partial charge < -0.3 is 9.47 Å². The van der Waals surface area contributed by atoms with Crippen molar-refractivity contribution < 1.29 is 32.2 Å². The van der Waals surface area contributed by atoms with Crippen LogP contribution in [-0.4, -0.2) is 24.2 Å². The molecule has 0 saturated heterocycles. The van der Waals surface area contributed by atoms with Gasteiger partial charge in [-0.1, -0.05) is 50.3 Å². The van der Waals surface area contributed by atoms with Crippen LogP contribution in [0.4, 0.5) is 13.2 Å². The van der Waals surface area contributed by atoms with Gasteiger partial charge in [0.05, 0.1) is 17.6 Å². The minimum Gasteiger partial charge on any atom is -0.462 e. The molecule has 3 aromatic carbocycles. The van der Waals surface area contributed by atoms with Crippen LogP contribution in [0.3, 0.4) is 0 Å². The van der Waals surface area contributed by atoms with Gasteiger partial charge in [-0.25, -0.2) is 13.6 Å². The number of hydrogen-bond acceptors (Lipinski definition) is 4. The molecule has 250 valence electrons. The maximum Gasteiger partial charge on any atom is 0.338 e. The van der Waals surface area contributed by atoms with Crippen LogP contribution in [0, 0.1) is 23.5 Å². The highest BCUT2D eigenvalue weighted by atomic mass is 19.2. The Labute approximate surface area is 276 Å². The Morgan fingerprint density at radius 2 is 1.77 bits per heavy atom. The summed E-state index contributed by atoms with van der Waals surface area (Å²) >= 11 is 0. The number of Topliss-reactive ketones (excluding diaryl/α,β-unsaturated/α-hetero) is 1. The third-order valence-corrected chi connectivity index (χ3v) is 9.64. The maximum absolute atomic E-state index is 16.0. The Morgan fingerprint density at radius 1 is 1.00 bits per heavy atom. The largest absolute Gasteiger partial charge is 0.462 e. The van der Waals surface area contributed by atoms with E-state index in [1.54, 1.807) is 13.0 Å². The van der Waals surface area contributed by atoms with Crippen molar-refractivity contribution in [2.24, 2.45) is 11.8 Å². The van der Waals surface area contributed by atoms with Crippen LogP contribution in [0.5, 0.6) is 5.75 Å². The van der Waals surface area contributed by atoms with Crippen LogP contribution < -0.4 is 4.74 Å². The zero-order valence-corrected chi connectivity index (χ0v) is 28.1. The lowest BCUT2D eigenvalue weighted by Gasteiger charge is -2.23. The normalized spacial score (nSPS) is 19.2. The summed E-state index contributed by atoms with van der Waals surface area (Å²) in [5, 5.41) is 0. The second-order valence-corrected chi connectivity index (χ2v) is 13.5. The first-order chi connectivity index (χ1) is 22.3. The number of hydrogen-bond donors (Lipinski definition) is 0. The summed E-state index contributed by atoms with van der Waals surface area (Å²) in [6.07, 6.45) is 9.40. The van der Waals surface area contributed by atoms with Crippen molar-refractivity contribution in [3.8, 4) is 16.9 Å². The molecule has 0 aliphatic heterocycles. The molecule has 1 fully saturated rings. The molecule has 0 spiro atoms.